The lowest BCUT2D eigenvalue weighted by Crippen LogP contribution is -2.55. The van der Waals surface area contributed by atoms with E-state index in [0.717, 1.165) is 0 Å². The number of thiazole rings is 1. The van der Waals surface area contributed by atoms with Crippen LogP contribution in [-0.4, -0.2) is 75.6 Å². The number of esters is 1. The number of aryl methyl sites for hydroxylation is 2. The highest BCUT2D eigenvalue weighted by Gasteiger charge is 2.34. The molecule has 0 bridgehead atoms. The fourth-order valence-corrected chi connectivity index (χ4v) is 5.71. The van der Waals surface area contributed by atoms with Crippen molar-refractivity contribution in [2.75, 3.05) is 31.7 Å². The van der Waals surface area contributed by atoms with E-state index in [9.17, 15) is 9.59 Å². The molecule has 4 heterocycles. The Labute approximate surface area is 220 Å². The molecule has 0 unspecified atom stereocenters. The molecule has 1 saturated heterocycles. The number of rotatable bonds is 7. The average molecular weight is 577 g/mol. The maximum atomic E-state index is 13.0. The number of anilines is 1. The molecule has 0 saturated carbocycles. The maximum absolute atomic E-state index is 13.0. The Morgan fingerprint density at radius 1 is 1.44 bits per heavy atom. The Hall–Kier alpha value is -3.28. The summed E-state index contributed by atoms with van der Waals surface area (Å²) >= 11 is 4.58. The second-order valence-electron chi connectivity index (χ2n) is 8.09. The number of carbonyl (C=O) groups excluding carboxylic acids is 2. The summed E-state index contributed by atoms with van der Waals surface area (Å²) in [6.45, 7) is 12.1. The van der Waals surface area contributed by atoms with Crippen molar-refractivity contribution >= 4 is 50.0 Å². The quantitative estimate of drug-likeness (QED) is 0.324. The van der Waals surface area contributed by atoms with Gasteiger partial charge in [-0.25, -0.2) is 24.3 Å². The van der Waals surface area contributed by atoms with E-state index in [2.05, 4.69) is 41.2 Å². The van der Waals surface area contributed by atoms with Crippen LogP contribution >= 0.6 is 27.3 Å². The highest BCUT2D eigenvalue weighted by Crippen LogP contribution is 2.35. The molecule has 0 radical (unpaired) electrons. The van der Waals surface area contributed by atoms with Crippen LogP contribution in [0, 0.1) is 13.5 Å². The van der Waals surface area contributed by atoms with Gasteiger partial charge in [0.25, 0.3) is 5.91 Å². The number of nitrogens with one attached hydrogen (secondary N) is 2. The Balaban J connectivity index is 1.54. The molecule has 0 aliphatic carbocycles. The van der Waals surface area contributed by atoms with E-state index in [1.54, 1.807) is 32.7 Å². The molecule has 190 valence electrons. The van der Waals surface area contributed by atoms with Crippen molar-refractivity contribution in [1.29, 1.82) is 0 Å². The van der Waals surface area contributed by atoms with Crippen molar-refractivity contribution in [3.05, 3.63) is 38.5 Å². The van der Waals surface area contributed by atoms with Crippen molar-refractivity contribution in [3.63, 3.8) is 0 Å². The number of amides is 1. The first-order chi connectivity index (χ1) is 17.3. The lowest BCUT2D eigenvalue weighted by atomic mass is 10.0. The Morgan fingerprint density at radius 2 is 2.22 bits per heavy atom. The Morgan fingerprint density at radius 3 is 2.83 bits per heavy atom. The minimum atomic E-state index is -0.463. The molecule has 3 aromatic rings. The number of carbonyl (C=O) groups is 2. The third-order valence-electron chi connectivity index (χ3n) is 5.88. The van der Waals surface area contributed by atoms with Gasteiger partial charge in [-0.3, -0.25) is 4.79 Å². The number of aromatic amines is 1. The zero-order chi connectivity index (χ0) is 26.0. The number of hydrogen-bond donors (Lipinski definition) is 2. The van der Waals surface area contributed by atoms with Crippen molar-refractivity contribution in [2.24, 2.45) is 7.05 Å². The van der Waals surface area contributed by atoms with E-state index in [1.165, 1.54) is 17.7 Å². The second-order valence-corrected chi connectivity index (χ2v) is 9.86. The molecule has 36 heavy (non-hydrogen) atoms. The molecule has 1 fully saturated rings. The molecular weight excluding hydrogens is 552 g/mol. The molecule has 0 spiro atoms. The summed E-state index contributed by atoms with van der Waals surface area (Å²) in [5.74, 6) is -0.310. The van der Waals surface area contributed by atoms with Gasteiger partial charge in [-0.05, 0) is 20.3 Å². The van der Waals surface area contributed by atoms with Crippen LogP contribution in [0.3, 0.4) is 0 Å². The minimum Gasteiger partial charge on any atom is -0.462 e. The summed E-state index contributed by atoms with van der Waals surface area (Å²) in [5.41, 5.74) is 1.74. The molecule has 2 N–H and O–H groups in total. The first kappa shape index (κ1) is 25.8. The van der Waals surface area contributed by atoms with Crippen LogP contribution < -0.4 is 10.2 Å². The lowest BCUT2D eigenvalue weighted by Gasteiger charge is -2.37. The summed E-state index contributed by atoms with van der Waals surface area (Å²) in [6.07, 6.45) is 1.67. The molecule has 0 aromatic carbocycles. The maximum Gasteiger partial charge on any atom is 0.350 e. The summed E-state index contributed by atoms with van der Waals surface area (Å²) in [4.78, 5) is 43.4. The van der Waals surface area contributed by atoms with Gasteiger partial charge < -0.3 is 24.7 Å². The highest BCUT2D eigenvalue weighted by molar-refractivity contribution is 9.10. The molecule has 3 aromatic heterocycles. The van der Waals surface area contributed by atoms with Gasteiger partial charge in [-0.1, -0.05) is 27.3 Å². The third-order valence-corrected chi connectivity index (χ3v) is 7.75. The number of hydrogen-bond acceptors (Lipinski definition) is 9. The summed E-state index contributed by atoms with van der Waals surface area (Å²) in [7, 11) is 3.33. The molecule has 14 heteroatoms. The summed E-state index contributed by atoms with van der Waals surface area (Å²) in [6, 6.07) is -0.256. The van der Waals surface area contributed by atoms with Gasteiger partial charge in [0.1, 0.15) is 22.6 Å². The predicted octanol–water partition coefficient (Wildman–Crippen LogP) is 3.09. The van der Waals surface area contributed by atoms with Crippen LogP contribution in [-0.2, 0) is 16.5 Å². The number of methoxy groups -OCH3 is 1. The molecule has 2 atom stereocenters. The van der Waals surface area contributed by atoms with Crippen LogP contribution in [0.2, 0.25) is 0 Å². The van der Waals surface area contributed by atoms with E-state index in [1.807, 2.05) is 4.90 Å². The van der Waals surface area contributed by atoms with Gasteiger partial charge in [0, 0.05) is 32.9 Å². The fourth-order valence-electron chi connectivity index (χ4n) is 4.05. The topological polar surface area (TPSA) is 132 Å². The van der Waals surface area contributed by atoms with Crippen LogP contribution in [0.15, 0.2) is 10.8 Å². The van der Waals surface area contributed by atoms with Crippen molar-refractivity contribution < 1.29 is 19.1 Å². The van der Waals surface area contributed by atoms with E-state index >= 15 is 0 Å². The molecular formula is C22H25BrN8O4S. The van der Waals surface area contributed by atoms with Crippen LogP contribution in [0.1, 0.15) is 39.2 Å². The summed E-state index contributed by atoms with van der Waals surface area (Å²) in [5, 5.41) is 7.75. The van der Waals surface area contributed by atoms with Gasteiger partial charge in [-0.15, -0.1) is 0 Å². The van der Waals surface area contributed by atoms with E-state index in [4.69, 9.17) is 21.0 Å². The van der Waals surface area contributed by atoms with Crippen molar-refractivity contribution in [1.82, 2.24) is 30.0 Å². The number of ether oxygens (including phenoxy) is 2. The number of piperidine rings is 1. The molecule has 1 amide bonds. The average Bonchev–Trinajstić information content (AvgIpc) is 3.56. The first-order valence-electron chi connectivity index (χ1n) is 11.1. The second kappa shape index (κ2) is 10.8. The predicted molar refractivity (Wildman–Crippen MR) is 136 cm³/mol. The molecule has 1 aliphatic heterocycles. The summed E-state index contributed by atoms with van der Waals surface area (Å²) < 4.78 is 13.0. The van der Waals surface area contributed by atoms with Crippen LogP contribution in [0.25, 0.3) is 16.4 Å². The third kappa shape index (κ3) is 4.86. The smallest absolute Gasteiger partial charge is 0.350 e. The van der Waals surface area contributed by atoms with Crippen molar-refractivity contribution in [3.8, 4) is 11.5 Å². The Bertz CT molecular complexity index is 1330. The number of nitrogens with zero attached hydrogens (tertiary/aromatic N) is 6. The van der Waals surface area contributed by atoms with Gasteiger partial charge >= 0.3 is 5.97 Å². The molecule has 4 rings (SSSR count). The van der Waals surface area contributed by atoms with Crippen LogP contribution in [0.5, 0.6) is 0 Å². The van der Waals surface area contributed by atoms with E-state index < -0.39 is 5.97 Å². The lowest BCUT2D eigenvalue weighted by molar-refractivity contribution is 0.0531. The van der Waals surface area contributed by atoms with E-state index in [0.29, 0.717) is 62.6 Å². The largest absolute Gasteiger partial charge is 0.462 e. The normalized spacial score (nSPS) is 17.6. The highest BCUT2D eigenvalue weighted by atomic mass is 79.9. The zero-order valence-corrected chi connectivity index (χ0v) is 22.6. The van der Waals surface area contributed by atoms with Gasteiger partial charge in [0.05, 0.1) is 29.8 Å². The van der Waals surface area contributed by atoms with Gasteiger partial charge in [-0.2, -0.15) is 5.10 Å². The number of H-pyrrole nitrogens is 1. The monoisotopic (exact) mass is 576 g/mol. The van der Waals surface area contributed by atoms with Gasteiger partial charge in [0.2, 0.25) is 5.69 Å². The van der Waals surface area contributed by atoms with Crippen LogP contribution in [0.4, 0.5) is 10.8 Å². The van der Waals surface area contributed by atoms with Crippen molar-refractivity contribution in [2.45, 2.75) is 32.4 Å². The molecule has 12 nitrogen and oxygen atoms in total. The Kier molecular flexibility index (Phi) is 7.72. The minimum absolute atomic E-state index is 0.245. The SMILES string of the molecule is [C-]#[N+]c1c(C)[nH]c(C(=O)N[C@@H]2CCN(c3nc(-c4ncnn4C)c(C(=O)OCC)s3)C[C@@H]2OC)c1Br. The zero-order valence-electron chi connectivity index (χ0n) is 20.2. The number of aromatic nitrogens is 5. The van der Waals surface area contributed by atoms with Gasteiger partial charge in [0.15, 0.2) is 11.0 Å². The number of halogens is 1. The standard InChI is InChI=1S/C22H25BrN8O4S/c1-6-35-21(33)18-17(19-25-10-26-30(19)4)29-22(36-18)31-8-7-12(13(9-31)34-5)28-20(32)16-14(23)15(24-3)11(2)27-16/h10,12-13,27H,6-9H2,1-2,4-5H3,(H,28,32)/t12-,13+/m1/s1. The molecule has 1 aliphatic rings. The van der Waals surface area contributed by atoms with E-state index in [-0.39, 0.29) is 24.7 Å². The fraction of sp³-hybridized carbons (Fsp3) is 0.455. The first-order valence-corrected chi connectivity index (χ1v) is 12.8.